The molecule has 0 amide bonds. The van der Waals surface area contributed by atoms with E-state index >= 15 is 0 Å². The summed E-state index contributed by atoms with van der Waals surface area (Å²) in [5.74, 6) is -0.378. The van der Waals surface area contributed by atoms with E-state index in [9.17, 15) is 40.5 Å². The Morgan fingerprint density at radius 2 is 0.747 bits per heavy atom. The lowest BCUT2D eigenvalue weighted by Gasteiger charge is -2.42. The topological polar surface area (TPSA) is 214 Å². The van der Waals surface area contributed by atoms with Gasteiger partial charge in [-0.25, -0.2) is 0 Å². The zero-order valence-corrected chi connectivity index (χ0v) is 52.4. The summed E-state index contributed by atoms with van der Waals surface area (Å²) in [7, 11) is 0. The van der Waals surface area contributed by atoms with Crippen molar-refractivity contribution in [1.29, 1.82) is 0 Å². The van der Waals surface area contributed by atoms with Crippen LogP contribution in [-0.2, 0) is 33.2 Å². The van der Waals surface area contributed by atoms with E-state index < -0.39 is 80.7 Å². The van der Waals surface area contributed by atoms with Crippen molar-refractivity contribution in [1.82, 2.24) is 0 Å². The van der Waals surface area contributed by atoms with Gasteiger partial charge in [0.05, 0.1) is 26.4 Å². The molecule has 0 saturated carbocycles. The molecule has 0 aromatic carbocycles. The second kappa shape index (κ2) is 55.0. The number of unbranched alkanes of at least 4 members (excludes halogenated alkanes) is 32. The minimum Gasteiger partial charge on any atom is -0.457 e. The molecule has 2 saturated heterocycles. The number of esters is 1. The molecule has 14 heteroatoms. The Bertz CT molecular complexity index is 1600. The Kier molecular flexibility index (Phi) is 50.9. The zero-order chi connectivity index (χ0) is 60.1. The van der Waals surface area contributed by atoms with Crippen molar-refractivity contribution >= 4 is 5.97 Å². The van der Waals surface area contributed by atoms with Gasteiger partial charge in [0.2, 0.25) is 0 Å². The van der Waals surface area contributed by atoms with Crippen LogP contribution >= 0.6 is 0 Å². The van der Waals surface area contributed by atoms with Gasteiger partial charge >= 0.3 is 5.97 Å². The number of allylic oxidation sites excluding steroid dienone is 10. The molecule has 2 rings (SSSR count). The van der Waals surface area contributed by atoms with Crippen LogP contribution in [-0.4, -0.2) is 142 Å². The van der Waals surface area contributed by atoms with E-state index in [-0.39, 0.29) is 25.6 Å². The fourth-order valence-corrected chi connectivity index (χ4v) is 10.6. The van der Waals surface area contributed by atoms with Crippen molar-refractivity contribution < 1.29 is 69.0 Å². The van der Waals surface area contributed by atoms with E-state index in [0.717, 1.165) is 64.2 Å². The molecular formula is C69H124O14. The van der Waals surface area contributed by atoms with Gasteiger partial charge in [-0.3, -0.25) is 4.79 Å². The number of ether oxygens (including phenoxy) is 6. The van der Waals surface area contributed by atoms with Crippen molar-refractivity contribution in [3.05, 3.63) is 60.8 Å². The fraction of sp³-hybridized carbons (Fsp3) is 0.841. The first-order chi connectivity index (χ1) is 40.6. The van der Waals surface area contributed by atoms with E-state index in [1.165, 1.54) is 180 Å². The highest BCUT2D eigenvalue weighted by Crippen LogP contribution is 2.27. The first-order valence-electron chi connectivity index (χ1n) is 33.9. The largest absolute Gasteiger partial charge is 0.457 e. The predicted octanol–water partition coefficient (Wildman–Crippen LogP) is 14.0. The van der Waals surface area contributed by atoms with Crippen LogP contribution in [0.15, 0.2) is 60.8 Å². The zero-order valence-electron chi connectivity index (χ0n) is 52.4. The smallest absolute Gasteiger partial charge is 0.306 e. The number of rotatable bonds is 56. The van der Waals surface area contributed by atoms with E-state index in [1.54, 1.807) is 0 Å². The maximum Gasteiger partial charge on any atom is 0.306 e. The lowest BCUT2D eigenvalue weighted by atomic mass is 9.98. The van der Waals surface area contributed by atoms with E-state index in [1.807, 2.05) is 0 Å². The van der Waals surface area contributed by atoms with Gasteiger partial charge in [0.15, 0.2) is 12.6 Å². The maximum atomic E-state index is 13.1. The Morgan fingerprint density at radius 1 is 0.398 bits per heavy atom. The van der Waals surface area contributed by atoms with Crippen molar-refractivity contribution in [3.8, 4) is 0 Å². The molecule has 0 spiro atoms. The number of hydrogen-bond acceptors (Lipinski definition) is 14. The molecule has 0 aromatic heterocycles. The molecule has 11 atom stereocenters. The van der Waals surface area contributed by atoms with Crippen LogP contribution in [0, 0.1) is 0 Å². The summed E-state index contributed by atoms with van der Waals surface area (Å²) in [6, 6.07) is 0. The third-order valence-electron chi connectivity index (χ3n) is 16.0. The standard InChI is InChI=1S/C69H124O14/c1-3-5-7-9-11-13-15-17-19-21-23-25-27-29-30-32-34-36-38-40-42-44-46-48-50-52-61(71)81-58(56-79-68-67(77)65(75)63(73)60(83-68)57-80-69-66(76)64(74)62(72)59(54-70)82-69)55-78-53-51-49-47-45-43-41-39-37-35-33-31-28-26-24-22-20-18-16-14-12-10-8-6-4-2/h15-18,21-24,27,29,58-60,62-70,72-77H,3-14,19-20,25-26,28,30-57H2,1-2H3/b17-15-,18-16-,23-21-,24-22-,29-27-. The average molecular weight is 1180 g/mol. The van der Waals surface area contributed by atoms with Crippen molar-refractivity contribution in [2.75, 3.05) is 33.0 Å². The molecule has 2 fully saturated rings. The van der Waals surface area contributed by atoms with Gasteiger partial charge in [0, 0.05) is 13.0 Å². The summed E-state index contributed by atoms with van der Waals surface area (Å²) in [6.45, 7) is 3.70. The van der Waals surface area contributed by atoms with Crippen LogP contribution in [0.25, 0.3) is 0 Å². The van der Waals surface area contributed by atoms with Crippen molar-refractivity contribution in [2.24, 2.45) is 0 Å². The quantitative estimate of drug-likeness (QED) is 0.0171. The predicted molar refractivity (Wildman–Crippen MR) is 335 cm³/mol. The molecule has 2 aliphatic rings. The SMILES string of the molecule is CCCCCCC/C=C\C/C=C\C/C=C\CCCCCCCCCCCCC(=O)OC(COCCCCCCCCCCCCCC/C=C\C/C=C\CCCCCCC)COC1OC(COC2OC(CO)C(O)C(O)C2O)C(O)C(O)C1O. The van der Waals surface area contributed by atoms with Gasteiger partial charge in [-0.15, -0.1) is 0 Å². The maximum absolute atomic E-state index is 13.1. The summed E-state index contributed by atoms with van der Waals surface area (Å²) >= 11 is 0. The number of carbonyl (C=O) groups excluding carboxylic acids is 1. The second-order valence-corrected chi connectivity index (χ2v) is 23.6. The van der Waals surface area contributed by atoms with Gasteiger partial charge in [-0.1, -0.05) is 242 Å². The van der Waals surface area contributed by atoms with Gasteiger partial charge in [0.1, 0.15) is 54.9 Å². The number of aliphatic hydroxyl groups excluding tert-OH is 7. The molecular weight excluding hydrogens is 1050 g/mol. The molecule has 0 aliphatic carbocycles. The highest BCUT2D eigenvalue weighted by molar-refractivity contribution is 5.69. The highest BCUT2D eigenvalue weighted by atomic mass is 16.7. The molecule has 0 bridgehead atoms. The van der Waals surface area contributed by atoms with Crippen molar-refractivity contribution in [3.63, 3.8) is 0 Å². The normalized spacial score (nSPS) is 23.8. The van der Waals surface area contributed by atoms with Gasteiger partial charge in [-0.2, -0.15) is 0 Å². The molecule has 14 nitrogen and oxygen atoms in total. The van der Waals surface area contributed by atoms with Crippen LogP contribution in [0.2, 0.25) is 0 Å². The summed E-state index contributed by atoms with van der Waals surface area (Å²) in [5, 5.41) is 72.6. The third-order valence-corrected chi connectivity index (χ3v) is 16.0. The van der Waals surface area contributed by atoms with Crippen LogP contribution in [0.1, 0.15) is 271 Å². The highest BCUT2D eigenvalue weighted by Gasteiger charge is 2.47. The second-order valence-electron chi connectivity index (χ2n) is 23.6. The summed E-state index contributed by atoms with van der Waals surface area (Å²) in [5.41, 5.74) is 0. The number of hydrogen-bond donors (Lipinski definition) is 7. The fourth-order valence-electron chi connectivity index (χ4n) is 10.6. The molecule has 83 heavy (non-hydrogen) atoms. The summed E-state index contributed by atoms with van der Waals surface area (Å²) < 4.78 is 34.5. The summed E-state index contributed by atoms with van der Waals surface area (Å²) in [6.07, 6.45) is 54.2. The minimum atomic E-state index is -1.71. The Morgan fingerprint density at radius 3 is 1.17 bits per heavy atom. The van der Waals surface area contributed by atoms with Crippen LogP contribution in [0.3, 0.4) is 0 Å². The van der Waals surface area contributed by atoms with Crippen LogP contribution in [0.5, 0.6) is 0 Å². The van der Waals surface area contributed by atoms with E-state index in [0.29, 0.717) is 13.0 Å². The first kappa shape index (κ1) is 76.8. The Balaban J connectivity index is 1.66. The first-order valence-corrected chi connectivity index (χ1v) is 33.9. The van der Waals surface area contributed by atoms with Crippen LogP contribution in [0.4, 0.5) is 0 Å². The molecule has 2 heterocycles. The Labute approximate surface area is 504 Å². The third kappa shape index (κ3) is 40.7. The molecule has 11 unspecified atom stereocenters. The monoisotopic (exact) mass is 1180 g/mol. The molecule has 0 aromatic rings. The number of carbonyl (C=O) groups is 1. The lowest BCUT2D eigenvalue weighted by Crippen LogP contribution is -2.61. The molecule has 0 radical (unpaired) electrons. The Hall–Kier alpha value is -2.31. The minimum absolute atomic E-state index is 0.0585. The van der Waals surface area contributed by atoms with Gasteiger partial charge in [0.25, 0.3) is 0 Å². The lowest BCUT2D eigenvalue weighted by molar-refractivity contribution is -0.332. The van der Waals surface area contributed by atoms with Crippen molar-refractivity contribution in [2.45, 2.75) is 338 Å². The average Bonchev–Trinajstić information content (AvgIpc) is 3.67. The molecule has 484 valence electrons. The summed E-state index contributed by atoms with van der Waals surface area (Å²) in [4.78, 5) is 13.1. The number of aliphatic hydroxyl groups is 7. The van der Waals surface area contributed by atoms with Crippen LogP contribution < -0.4 is 0 Å². The molecule has 7 N–H and O–H groups in total. The van der Waals surface area contributed by atoms with Gasteiger partial charge < -0.3 is 64.2 Å². The molecule has 2 aliphatic heterocycles. The van der Waals surface area contributed by atoms with E-state index in [2.05, 4.69) is 74.6 Å². The van der Waals surface area contributed by atoms with Gasteiger partial charge in [-0.05, 0) is 83.5 Å². The van der Waals surface area contributed by atoms with E-state index in [4.69, 9.17) is 28.4 Å².